The van der Waals surface area contributed by atoms with Gasteiger partial charge in [-0.2, -0.15) is 0 Å². The summed E-state index contributed by atoms with van der Waals surface area (Å²) in [5, 5.41) is 3.54. The molecule has 0 aliphatic carbocycles. The quantitative estimate of drug-likeness (QED) is 0.658. The van der Waals surface area contributed by atoms with Crippen molar-refractivity contribution in [3.63, 3.8) is 0 Å². The summed E-state index contributed by atoms with van der Waals surface area (Å²) >= 11 is 6.15. The lowest BCUT2D eigenvalue weighted by atomic mass is 9.96. The van der Waals surface area contributed by atoms with Gasteiger partial charge in [0.05, 0.1) is 5.69 Å². The van der Waals surface area contributed by atoms with Crippen molar-refractivity contribution in [1.82, 2.24) is 9.97 Å². The van der Waals surface area contributed by atoms with Crippen LogP contribution in [0.4, 0.5) is 11.6 Å². The second kappa shape index (κ2) is 8.92. The number of ether oxygens (including phenoxy) is 1. The van der Waals surface area contributed by atoms with Crippen LogP contribution < -0.4 is 15.0 Å². The van der Waals surface area contributed by atoms with Crippen LogP contribution in [-0.4, -0.2) is 29.0 Å². The van der Waals surface area contributed by atoms with Gasteiger partial charge in [-0.3, -0.25) is 4.79 Å². The highest BCUT2D eigenvalue weighted by Gasteiger charge is 2.26. The van der Waals surface area contributed by atoms with Crippen LogP contribution in [0.15, 0.2) is 67.0 Å². The number of para-hydroxylation sites is 1. The van der Waals surface area contributed by atoms with Gasteiger partial charge in [0, 0.05) is 36.4 Å². The molecule has 2 aromatic carbocycles. The Kier molecular flexibility index (Phi) is 5.91. The van der Waals surface area contributed by atoms with Crippen molar-refractivity contribution in [3.8, 4) is 11.5 Å². The van der Waals surface area contributed by atoms with E-state index in [0.29, 0.717) is 28.2 Å². The third-order valence-electron chi connectivity index (χ3n) is 4.87. The lowest BCUT2D eigenvalue weighted by Crippen LogP contribution is -2.39. The van der Waals surface area contributed by atoms with Crippen LogP contribution in [0.1, 0.15) is 12.8 Å². The van der Waals surface area contributed by atoms with Crippen molar-refractivity contribution in [1.29, 1.82) is 0 Å². The molecule has 4 rings (SSSR count). The number of carbonyl (C=O) groups excluding carboxylic acids is 1. The predicted octanol–water partition coefficient (Wildman–Crippen LogP) is 4.78. The highest BCUT2D eigenvalue weighted by Crippen LogP contribution is 2.33. The zero-order valence-electron chi connectivity index (χ0n) is 15.8. The molecular weight excluding hydrogens is 388 g/mol. The topological polar surface area (TPSA) is 67.3 Å². The van der Waals surface area contributed by atoms with Gasteiger partial charge in [0.25, 0.3) is 0 Å². The highest BCUT2D eigenvalue weighted by molar-refractivity contribution is 6.31. The van der Waals surface area contributed by atoms with Crippen molar-refractivity contribution < 1.29 is 9.53 Å². The van der Waals surface area contributed by atoms with E-state index in [4.69, 9.17) is 16.3 Å². The van der Waals surface area contributed by atoms with E-state index in [1.165, 1.54) is 0 Å². The van der Waals surface area contributed by atoms with Gasteiger partial charge in [-0.05, 0) is 49.2 Å². The summed E-state index contributed by atoms with van der Waals surface area (Å²) in [7, 11) is 0. The standard InChI is InChI=1S/C22H21ClN4O2/c23-17-7-8-20(29-18-5-2-1-3-6-18)19(15-17)26-21(28)16-9-13-27(14-10-16)22-24-11-4-12-25-22/h1-8,11-12,15-16H,9-10,13-14H2,(H,26,28). The Hall–Kier alpha value is -3.12. The van der Waals surface area contributed by atoms with Crippen LogP contribution in [0.3, 0.4) is 0 Å². The Balaban J connectivity index is 1.41. The average Bonchev–Trinajstić information content (AvgIpc) is 2.77. The summed E-state index contributed by atoms with van der Waals surface area (Å²) < 4.78 is 5.93. The first kappa shape index (κ1) is 19.2. The van der Waals surface area contributed by atoms with Crippen LogP contribution in [0.25, 0.3) is 0 Å². The Bertz CT molecular complexity index is 961. The molecule has 1 N–H and O–H groups in total. The lowest BCUT2D eigenvalue weighted by Gasteiger charge is -2.31. The zero-order valence-corrected chi connectivity index (χ0v) is 16.5. The number of hydrogen-bond acceptors (Lipinski definition) is 5. The fourth-order valence-electron chi connectivity index (χ4n) is 3.34. The predicted molar refractivity (Wildman–Crippen MR) is 114 cm³/mol. The number of anilines is 2. The number of carbonyl (C=O) groups is 1. The van der Waals surface area contributed by atoms with Gasteiger partial charge >= 0.3 is 0 Å². The normalized spacial score (nSPS) is 14.4. The Morgan fingerprint density at radius 1 is 1.03 bits per heavy atom. The maximum absolute atomic E-state index is 12.9. The van der Waals surface area contributed by atoms with E-state index >= 15 is 0 Å². The molecule has 1 aliphatic rings. The summed E-state index contributed by atoms with van der Waals surface area (Å²) in [6.45, 7) is 1.48. The molecule has 0 spiro atoms. The molecule has 0 bridgehead atoms. The van der Waals surface area contributed by atoms with Crippen molar-refractivity contribution in [2.75, 3.05) is 23.3 Å². The maximum atomic E-state index is 12.9. The van der Waals surface area contributed by atoms with Gasteiger partial charge < -0.3 is 15.0 Å². The van der Waals surface area contributed by atoms with Crippen molar-refractivity contribution >= 4 is 29.1 Å². The van der Waals surface area contributed by atoms with E-state index in [1.54, 1.807) is 36.7 Å². The summed E-state index contributed by atoms with van der Waals surface area (Å²) in [6.07, 6.45) is 4.93. The number of nitrogens with zero attached hydrogens (tertiary/aromatic N) is 3. The molecule has 148 valence electrons. The molecule has 1 aliphatic heterocycles. The number of amides is 1. The Labute approximate surface area is 174 Å². The minimum atomic E-state index is -0.0847. The molecular formula is C22H21ClN4O2. The molecule has 1 saturated heterocycles. The lowest BCUT2D eigenvalue weighted by molar-refractivity contribution is -0.120. The molecule has 1 aromatic heterocycles. The van der Waals surface area contributed by atoms with Crippen LogP contribution in [0, 0.1) is 5.92 Å². The van der Waals surface area contributed by atoms with E-state index in [1.807, 2.05) is 30.3 Å². The number of rotatable bonds is 5. The number of nitrogens with one attached hydrogen (secondary N) is 1. The number of piperidine rings is 1. The first-order valence-corrected chi connectivity index (χ1v) is 9.92. The third kappa shape index (κ3) is 4.84. The van der Waals surface area contributed by atoms with Crippen molar-refractivity contribution in [3.05, 3.63) is 72.0 Å². The number of hydrogen-bond donors (Lipinski definition) is 1. The molecule has 0 unspecified atom stereocenters. The molecule has 1 amide bonds. The zero-order chi connectivity index (χ0) is 20.1. The summed E-state index contributed by atoms with van der Waals surface area (Å²) in [6, 6.07) is 16.5. The third-order valence-corrected chi connectivity index (χ3v) is 5.11. The van der Waals surface area contributed by atoms with Gasteiger partial charge in [0.1, 0.15) is 5.75 Å². The monoisotopic (exact) mass is 408 g/mol. The largest absolute Gasteiger partial charge is 0.455 e. The minimum Gasteiger partial charge on any atom is -0.455 e. The summed E-state index contributed by atoms with van der Waals surface area (Å²) in [5.74, 6) is 1.85. The van der Waals surface area contributed by atoms with Crippen LogP contribution in [0.2, 0.25) is 5.02 Å². The molecule has 7 heteroatoms. The van der Waals surface area contributed by atoms with Gasteiger partial charge in [-0.15, -0.1) is 0 Å². The van der Waals surface area contributed by atoms with Crippen LogP contribution in [0.5, 0.6) is 11.5 Å². The summed E-state index contributed by atoms with van der Waals surface area (Å²) in [4.78, 5) is 23.5. The molecule has 0 atom stereocenters. The van der Waals surface area contributed by atoms with E-state index in [9.17, 15) is 4.79 Å². The second-order valence-corrected chi connectivity index (χ2v) is 7.29. The fourth-order valence-corrected chi connectivity index (χ4v) is 3.51. The SMILES string of the molecule is O=C(Nc1cc(Cl)ccc1Oc1ccccc1)C1CCN(c2ncccn2)CC1. The highest BCUT2D eigenvalue weighted by atomic mass is 35.5. The Morgan fingerprint density at radius 2 is 1.76 bits per heavy atom. The van der Waals surface area contributed by atoms with Crippen molar-refractivity contribution in [2.45, 2.75) is 12.8 Å². The Morgan fingerprint density at radius 3 is 2.48 bits per heavy atom. The molecule has 6 nitrogen and oxygen atoms in total. The van der Waals surface area contributed by atoms with Crippen molar-refractivity contribution in [2.24, 2.45) is 5.92 Å². The van der Waals surface area contributed by atoms with E-state index in [-0.39, 0.29) is 11.8 Å². The maximum Gasteiger partial charge on any atom is 0.227 e. The number of aromatic nitrogens is 2. The minimum absolute atomic E-state index is 0.0289. The smallest absolute Gasteiger partial charge is 0.227 e. The van der Waals surface area contributed by atoms with Crippen LogP contribution >= 0.6 is 11.6 Å². The second-order valence-electron chi connectivity index (χ2n) is 6.85. The van der Waals surface area contributed by atoms with Gasteiger partial charge in [0.2, 0.25) is 11.9 Å². The molecule has 0 radical (unpaired) electrons. The van der Waals surface area contributed by atoms with Gasteiger partial charge in [-0.25, -0.2) is 9.97 Å². The van der Waals surface area contributed by atoms with Gasteiger partial charge in [0.15, 0.2) is 5.75 Å². The molecule has 1 fully saturated rings. The van der Waals surface area contributed by atoms with Gasteiger partial charge in [-0.1, -0.05) is 29.8 Å². The van der Waals surface area contributed by atoms with Crippen LogP contribution in [-0.2, 0) is 4.79 Å². The first-order chi connectivity index (χ1) is 14.2. The molecule has 0 saturated carbocycles. The van der Waals surface area contributed by atoms with E-state index in [0.717, 1.165) is 25.9 Å². The molecule has 2 heterocycles. The van der Waals surface area contributed by atoms with E-state index in [2.05, 4.69) is 20.2 Å². The summed E-state index contributed by atoms with van der Waals surface area (Å²) in [5.41, 5.74) is 0.570. The first-order valence-electron chi connectivity index (χ1n) is 9.54. The van der Waals surface area contributed by atoms with E-state index < -0.39 is 0 Å². The molecule has 29 heavy (non-hydrogen) atoms. The average molecular weight is 409 g/mol. The number of halogens is 1. The number of benzene rings is 2. The molecule has 3 aromatic rings. The fraction of sp³-hybridized carbons (Fsp3) is 0.227.